The highest BCUT2D eigenvalue weighted by atomic mass is 16.5. The van der Waals surface area contributed by atoms with Crippen LogP contribution in [0, 0.1) is 0 Å². The van der Waals surface area contributed by atoms with Gasteiger partial charge in [0.2, 0.25) is 5.82 Å². The zero-order chi connectivity index (χ0) is 17.6. The maximum absolute atomic E-state index is 12.5. The molecule has 7 nitrogen and oxygen atoms in total. The van der Waals surface area contributed by atoms with E-state index in [1.165, 1.54) is 0 Å². The van der Waals surface area contributed by atoms with Crippen LogP contribution in [0.5, 0.6) is 5.75 Å². The molecule has 2 N–H and O–H groups in total. The molecule has 1 heterocycles. The monoisotopic (exact) mass is 337 g/mol. The Morgan fingerprint density at radius 2 is 1.88 bits per heavy atom. The van der Waals surface area contributed by atoms with Crippen LogP contribution in [0.3, 0.4) is 0 Å². The summed E-state index contributed by atoms with van der Waals surface area (Å²) in [6.07, 6.45) is 0.791. The molecule has 1 amide bonds. The number of benzene rings is 2. The molecule has 0 aliphatic rings. The third-order valence-electron chi connectivity index (χ3n) is 3.98. The van der Waals surface area contributed by atoms with Crippen LogP contribution < -0.4 is 10.1 Å². The molecule has 3 rings (SSSR count). The minimum atomic E-state index is -0.123. The SMILES string of the molecule is CC[C@H](NC(=O)c1ccc(-c2nn[nH]n2)cc1)c1ccc(OC)cc1. The highest BCUT2D eigenvalue weighted by Gasteiger charge is 2.14. The standard InChI is InChI=1S/C18H19N5O2/c1-3-16(12-8-10-15(25-2)11-9-12)19-18(24)14-6-4-13(5-7-14)17-20-22-23-21-17/h4-11,16H,3H2,1-2H3,(H,19,24)(H,20,21,22,23)/t16-/m0/s1. The quantitative estimate of drug-likeness (QED) is 0.721. The van der Waals surface area contributed by atoms with Gasteiger partial charge in [0, 0.05) is 11.1 Å². The van der Waals surface area contributed by atoms with Gasteiger partial charge in [-0.15, -0.1) is 10.2 Å². The average molecular weight is 337 g/mol. The Morgan fingerprint density at radius 1 is 1.16 bits per heavy atom. The number of hydrogen-bond acceptors (Lipinski definition) is 5. The van der Waals surface area contributed by atoms with Gasteiger partial charge < -0.3 is 10.1 Å². The van der Waals surface area contributed by atoms with Crippen LogP contribution in [0.2, 0.25) is 0 Å². The molecule has 0 fully saturated rings. The van der Waals surface area contributed by atoms with E-state index in [1.807, 2.05) is 31.2 Å². The van der Waals surface area contributed by atoms with Gasteiger partial charge in [-0.25, -0.2) is 0 Å². The summed E-state index contributed by atoms with van der Waals surface area (Å²) in [6.45, 7) is 2.04. The van der Waals surface area contributed by atoms with E-state index in [1.54, 1.807) is 31.4 Å². The summed E-state index contributed by atoms with van der Waals surface area (Å²) in [5, 5.41) is 16.8. The van der Waals surface area contributed by atoms with Crippen LogP contribution in [0.4, 0.5) is 0 Å². The number of ether oxygens (including phenoxy) is 1. The molecule has 2 aromatic carbocycles. The summed E-state index contributed by atoms with van der Waals surface area (Å²) in [6, 6.07) is 14.8. The number of nitrogens with zero attached hydrogens (tertiary/aromatic N) is 3. The summed E-state index contributed by atoms with van der Waals surface area (Å²) in [5.74, 6) is 1.17. The van der Waals surface area contributed by atoms with Crippen LogP contribution in [-0.2, 0) is 0 Å². The molecule has 0 saturated heterocycles. The van der Waals surface area contributed by atoms with Gasteiger partial charge in [0.15, 0.2) is 0 Å². The van der Waals surface area contributed by atoms with Crippen molar-refractivity contribution in [2.75, 3.05) is 7.11 Å². The van der Waals surface area contributed by atoms with Crippen LogP contribution in [-0.4, -0.2) is 33.6 Å². The van der Waals surface area contributed by atoms with Gasteiger partial charge in [0.05, 0.1) is 13.2 Å². The topological polar surface area (TPSA) is 92.8 Å². The lowest BCUT2D eigenvalue weighted by molar-refractivity contribution is 0.0935. The van der Waals surface area contributed by atoms with E-state index in [0.717, 1.165) is 23.3 Å². The third-order valence-corrected chi connectivity index (χ3v) is 3.98. The number of carbonyl (C=O) groups excluding carboxylic acids is 1. The zero-order valence-electron chi connectivity index (χ0n) is 14.1. The van der Waals surface area contributed by atoms with Gasteiger partial charge in [-0.3, -0.25) is 4.79 Å². The van der Waals surface area contributed by atoms with Gasteiger partial charge in [-0.2, -0.15) is 5.21 Å². The first-order chi connectivity index (χ1) is 12.2. The van der Waals surface area contributed by atoms with E-state index in [0.29, 0.717) is 11.4 Å². The van der Waals surface area contributed by atoms with E-state index in [4.69, 9.17) is 4.74 Å². The van der Waals surface area contributed by atoms with Gasteiger partial charge in [0.1, 0.15) is 5.75 Å². The summed E-state index contributed by atoms with van der Waals surface area (Å²) in [5.41, 5.74) is 2.42. The fourth-order valence-corrected chi connectivity index (χ4v) is 2.55. The number of hydrogen-bond donors (Lipinski definition) is 2. The number of tetrazole rings is 1. The van der Waals surface area contributed by atoms with Crippen molar-refractivity contribution < 1.29 is 9.53 Å². The van der Waals surface area contributed by atoms with Gasteiger partial charge in [-0.1, -0.05) is 31.2 Å². The molecule has 0 bridgehead atoms. The van der Waals surface area contributed by atoms with E-state index in [-0.39, 0.29) is 11.9 Å². The molecule has 0 unspecified atom stereocenters. The lowest BCUT2D eigenvalue weighted by Crippen LogP contribution is -2.28. The molecule has 25 heavy (non-hydrogen) atoms. The Bertz CT molecular complexity index is 814. The minimum Gasteiger partial charge on any atom is -0.497 e. The number of methoxy groups -OCH3 is 1. The molecule has 1 atom stereocenters. The molecule has 3 aromatic rings. The Morgan fingerprint density at radius 3 is 2.44 bits per heavy atom. The molecule has 0 aliphatic heterocycles. The van der Waals surface area contributed by atoms with Crippen LogP contribution in [0.25, 0.3) is 11.4 Å². The first kappa shape index (κ1) is 16.6. The van der Waals surface area contributed by atoms with Crippen molar-refractivity contribution in [1.29, 1.82) is 0 Å². The number of carbonyl (C=O) groups is 1. The lowest BCUT2D eigenvalue weighted by Gasteiger charge is -2.18. The number of amides is 1. The molecular formula is C18H19N5O2. The number of aromatic nitrogens is 4. The fraction of sp³-hybridized carbons (Fsp3) is 0.222. The summed E-state index contributed by atoms with van der Waals surface area (Å²) < 4.78 is 5.17. The van der Waals surface area contributed by atoms with Crippen molar-refractivity contribution >= 4 is 5.91 Å². The lowest BCUT2D eigenvalue weighted by atomic mass is 10.0. The molecule has 128 valence electrons. The maximum atomic E-state index is 12.5. The van der Waals surface area contributed by atoms with Crippen molar-refractivity contribution in [2.45, 2.75) is 19.4 Å². The van der Waals surface area contributed by atoms with Crippen LogP contribution in [0.15, 0.2) is 48.5 Å². The number of H-pyrrole nitrogens is 1. The first-order valence-electron chi connectivity index (χ1n) is 8.00. The van der Waals surface area contributed by atoms with Crippen LogP contribution >= 0.6 is 0 Å². The molecule has 0 radical (unpaired) electrons. The van der Waals surface area contributed by atoms with Crippen LogP contribution in [0.1, 0.15) is 35.3 Å². The van der Waals surface area contributed by atoms with E-state index in [9.17, 15) is 4.79 Å². The largest absolute Gasteiger partial charge is 0.497 e. The van der Waals surface area contributed by atoms with Gasteiger partial charge in [0.25, 0.3) is 5.91 Å². The van der Waals surface area contributed by atoms with Crippen molar-refractivity contribution in [3.63, 3.8) is 0 Å². The summed E-state index contributed by atoms with van der Waals surface area (Å²) >= 11 is 0. The summed E-state index contributed by atoms with van der Waals surface area (Å²) in [7, 11) is 1.63. The molecule has 0 saturated carbocycles. The molecule has 1 aromatic heterocycles. The third kappa shape index (κ3) is 3.82. The highest BCUT2D eigenvalue weighted by molar-refractivity contribution is 5.94. The predicted octanol–water partition coefficient (Wildman–Crippen LogP) is 2.76. The first-order valence-corrected chi connectivity index (χ1v) is 8.00. The second-order valence-electron chi connectivity index (χ2n) is 5.52. The number of aromatic amines is 1. The van der Waals surface area contributed by atoms with Crippen molar-refractivity contribution in [3.8, 4) is 17.1 Å². The van der Waals surface area contributed by atoms with Crippen molar-refractivity contribution in [3.05, 3.63) is 59.7 Å². The number of nitrogens with one attached hydrogen (secondary N) is 2. The van der Waals surface area contributed by atoms with E-state index < -0.39 is 0 Å². The second-order valence-corrected chi connectivity index (χ2v) is 5.52. The van der Waals surface area contributed by atoms with Crippen molar-refractivity contribution in [2.24, 2.45) is 0 Å². The Hall–Kier alpha value is -3.22. The second kappa shape index (κ2) is 7.57. The zero-order valence-corrected chi connectivity index (χ0v) is 14.1. The van der Waals surface area contributed by atoms with Gasteiger partial charge in [-0.05, 0) is 41.5 Å². The summed E-state index contributed by atoms with van der Waals surface area (Å²) in [4.78, 5) is 12.5. The Balaban J connectivity index is 1.71. The fourth-order valence-electron chi connectivity index (χ4n) is 2.55. The normalized spacial score (nSPS) is 11.8. The van der Waals surface area contributed by atoms with Gasteiger partial charge >= 0.3 is 0 Å². The Kier molecular flexibility index (Phi) is 5.03. The van der Waals surface area contributed by atoms with E-state index >= 15 is 0 Å². The molecular weight excluding hydrogens is 318 g/mol. The highest BCUT2D eigenvalue weighted by Crippen LogP contribution is 2.21. The Labute approximate surface area is 145 Å². The predicted molar refractivity (Wildman–Crippen MR) is 93.1 cm³/mol. The average Bonchev–Trinajstić information content (AvgIpc) is 3.21. The minimum absolute atomic E-state index is 0.0599. The maximum Gasteiger partial charge on any atom is 0.251 e. The van der Waals surface area contributed by atoms with E-state index in [2.05, 4.69) is 25.9 Å². The smallest absolute Gasteiger partial charge is 0.251 e. The molecule has 0 spiro atoms. The number of rotatable bonds is 6. The molecule has 0 aliphatic carbocycles. The molecule has 7 heteroatoms. The van der Waals surface area contributed by atoms with Crippen molar-refractivity contribution in [1.82, 2.24) is 25.9 Å².